The molecule has 24 heavy (non-hydrogen) atoms. The van der Waals surface area contributed by atoms with E-state index in [0.29, 0.717) is 11.3 Å². The van der Waals surface area contributed by atoms with Crippen LogP contribution in [0.25, 0.3) is 11.0 Å². The molecule has 0 spiro atoms. The number of furan rings is 1. The van der Waals surface area contributed by atoms with Crippen molar-refractivity contribution in [2.75, 3.05) is 7.11 Å². The summed E-state index contributed by atoms with van der Waals surface area (Å²) in [7, 11) is 1.61. The summed E-state index contributed by atoms with van der Waals surface area (Å²) >= 11 is 0. The number of hydrogen-bond donors (Lipinski definition) is 0. The minimum Gasteiger partial charge on any atom is -0.496 e. The molecule has 120 valence electrons. The van der Waals surface area contributed by atoms with E-state index in [4.69, 9.17) is 9.15 Å². The standard InChI is InChI=1S/C21H18O3/c1-21(7-8-21)18-10-14-15-9-12-5-3-4-6-13(12)20(22)19(15)17(23-2)11-16(14)24-18/h3-6,10-11H,7-9H2,1-2H3. The molecular weight excluding hydrogens is 300 g/mol. The zero-order chi connectivity index (χ0) is 16.5. The topological polar surface area (TPSA) is 39.4 Å². The molecule has 1 saturated carbocycles. The number of methoxy groups -OCH3 is 1. The van der Waals surface area contributed by atoms with Gasteiger partial charge in [0.15, 0.2) is 5.78 Å². The lowest BCUT2D eigenvalue weighted by molar-refractivity contribution is 0.103. The normalized spacial score (nSPS) is 17.5. The number of carbonyl (C=O) groups excluding carboxylic acids is 1. The quantitative estimate of drug-likeness (QED) is 0.541. The zero-order valence-corrected chi connectivity index (χ0v) is 13.8. The van der Waals surface area contributed by atoms with Gasteiger partial charge in [0, 0.05) is 22.4 Å². The average Bonchev–Trinajstić information content (AvgIpc) is 3.19. The molecule has 1 aromatic heterocycles. The molecule has 3 aromatic rings. The first-order valence-electron chi connectivity index (χ1n) is 8.37. The molecule has 0 saturated heterocycles. The molecule has 0 N–H and O–H groups in total. The molecule has 2 aliphatic carbocycles. The summed E-state index contributed by atoms with van der Waals surface area (Å²) in [6.07, 6.45) is 3.06. The number of ether oxygens (including phenoxy) is 1. The summed E-state index contributed by atoms with van der Waals surface area (Å²) in [6.45, 7) is 2.23. The average molecular weight is 318 g/mol. The maximum absolute atomic E-state index is 13.0. The van der Waals surface area contributed by atoms with E-state index < -0.39 is 0 Å². The number of ketones is 1. The molecule has 0 unspecified atom stereocenters. The van der Waals surface area contributed by atoms with Gasteiger partial charge in [-0.1, -0.05) is 31.2 Å². The highest BCUT2D eigenvalue weighted by molar-refractivity contribution is 6.16. The van der Waals surface area contributed by atoms with Gasteiger partial charge in [-0.2, -0.15) is 0 Å². The van der Waals surface area contributed by atoms with Crippen LogP contribution < -0.4 is 4.74 Å². The summed E-state index contributed by atoms with van der Waals surface area (Å²) in [4.78, 5) is 13.0. The Morgan fingerprint density at radius 2 is 1.96 bits per heavy atom. The lowest BCUT2D eigenvalue weighted by Crippen LogP contribution is -2.16. The van der Waals surface area contributed by atoms with Gasteiger partial charge in [0.05, 0.1) is 12.7 Å². The molecule has 0 amide bonds. The van der Waals surface area contributed by atoms with Gasteiger partial charge >= 0.3 is 0 Å². The molecule has 3 nitrogen and oxygen atoms in total. The first kappa shape index (κ1) is 13.8. The summed E-state index contributed by atoms with van der Waals surface area (Å²) in [5.74, 6) is 1.68. The fraction of sp³-hybridized carbons (Fsp3) is 0.286. The highest BCUT2D eigenvalue weighted by Gasteiger charge is 2.42. The molecule has 0 atom stereocenters. The van der Waals surface area contributed by atoms with Crippen LogP contribution in [-0.2, 0) is 11.8 Å². The summed E-state index contributed by atoms with van der Waals surface area (Å²) in [5, 5.41) is 1.05. The van der Waals surface area contributed by atoms with Crippen molar-refractivity contribution in [3.05, 3.63) is 64.4 Å². The van der Waals surface area contributed by atoms with Crippen molar-refractivity contribution >= 4 is 16.8 Å². The van der Waals surface area contributed by atoms with Crippen LogP contribution in [0.2, 0.25) is 0 Å². The van der Waals surface area contributed by atoms with Crippen LogP contribution in [-0.4, -0.2) is 12.9 Å². The minimum atomic E-state index is 0.0472. The van der Waals surface area contributed by atoms with Crippen LogP contribution >= 0.6 is 0 Å². The number of benzene rings is 2. The van der Waals surface area contributed by atoms with E-state index in [9.17, 15) is 4.79 Å². The molecule has 0 bridgehead atoms. The monoisotopic (exact) mass is 318 g/mol. The fourth-order valence-electron chi connectivity index (χ4n) is 3.77. The second kappa shape index (κ2) is 4.50. The van der Waals surface area contributed by atoms with Crippen LogP contribution in [0.15, 0.2) is 40.8 Å². The molecule has 3 heteroatoms. The third-order valence-electron chi connectivity index (χ3n) is 5.57. The second-order valence-electron chi connectivity index (χ2n) is 7.18. The van der Waals surface area contributed by atoms with Gasteiger partial charge in [-0.15, -0.1) is 0 Å². The number of hydrogen-bond acceptors (Lipinski definition) is 3. The van der Waals surface area contributed by atoms with Crippen LogP contribution in [0.3, 0.4) is 0 Å². The van der Waals surface area contributed by atoms with E-state index in [0.717, 1.165) is 52.7 Å². The molecule has 0 radical (unpaired) electrons. The van der Waals surface area contributed by atoms with E-state index in [1.54, 1.807) is 7.11 Å². The van der Waals surface area contributed by atoms with E-state index >= 15 is 0 Å². The Kier molecular flexibility index (Phi) is 2.60. The van der Waals surface area contributed by atoms with E-state index in [1.165, 1.54) is 0 Å². The Morgan fingerprint density at radius 1 is 1.17 bits per heavy atom. The predicted octanol–water partition coefficient (Wildman–Crippen LogP) is 4.63. The van der Waals surface area contributed by atoms with Crippen LogP contribution in [0.1, 0.15) is 52.6 Å². The Hall–Kier alpha value is -2.55. The van der Waals surface area contributed by atoms with Gasteiger partial charge in [0.1, 0.15) is 17.1 Å². The summed E-state index contributed by atoms with van der Waals surface area (Å²) in [6, 6.07) is 11.8. The maximum Gasteiger partial charge on any atom is 0.197 e. The van der Waals surface area contributed by atoms with E-state index in [2.05, 4.69) is 13.0 Å². The van der Waals surface area contributed by atoms with Crippen molar-refractivity contribution in [1.29, 1.82) is 0 Å². The van der Waals surface area contributed by atoms with Crippen molar-refractivity contribution in [3.8, 4) is 5.75 Å². The molecule has 1 heterocycles. The van der Waals surface area contributed by atoms with Crippen molar-refractivity contribution in [3.63, 3.8) is 0 Å². The Bertz CT molecular complexity index is 1010. The largest absolute Gasteiger partial charge is 0.496 e. The number of rotatable bonds is 2. The number of fused-ring (bicyclic) bond motifs is 4. The van der Waals surface area contributed by atoms with Crippen LogP contribution in [0.4, 0.5) is 0 Å². The lowest BCUT2D eigenvalue weighted by Gasteiger charge is -2.21. The second-order valence-corrected chi connectivity index (χ2v) is 7.18. The first-order valence-corrected chi connectivity index (χ1v) is 8.37. The number of carbonyl (C=O) groups is 1. The van der Waals surface area contributed by atoms with Crippen molar-refractivity contribution in [2.45, 2.75) is 31.6 Å². The van der Waals surface area contributed by atoms with Crippen molar-refractivity contribution in [2.24, 2.45) is 0 Å². The molecule has 1 fully saturated rings. The highest BCUT2D eigenvalue weighted by atomic mass is 16.5. The summed E-state index contributed by atoms with van der Waals surface area (Å²) in [5.41, 5.74) is 4.56. The third-order valence-corrected chi connectivity index (χ3v) is 5.57. The van der Waals surface area contributed by atoms with Crippen LogP contribution in [0, 0.1) is 0 Å². The molecule has 0 aliphatic heterocycles. The molecular formula is C21H18O3. The summed E-state index contributed by atoms with van der Waals surface area (Å²) < 4.78 is 11.7. The lowest BCUT2D eigenvalue weighted by atomic mass is 9.83. The van der Waals surface area contributed by atoms with Gasteiger partial charge < -0.3 is 9.15 Å². The third kappa shape index (κ3) is 1.75. The SMILES string of the molecule is COc1cc2oc(C3(C)CC3)cc2c2c1C(=O)c1ccccc1C2. The molecule has 2 aromatic carbocycles. The first-order chi connectivity index (χ1) is 11.6. The fourth-order valence-corrected chi connectivity index (χ4v) is 3.77. The Morgan fingerprint density at radius 3 is 2.71 bits per heavy atom. The molecule has 2 aliphatic rings. The zero-order valence-electron chi connectivity index (χ0n) is 13.8. The highest BCUT2D eigenvalue weighted by Crippen LogP contribution is 2.50. The van der Waals surface area contributed by atoms with Gasteiger partial charge in [-0.3, -0.25) is 4.79 Å². The van der Waals surface area contributed by atoms with Crippen molar-refractivity contribution in [1.82, 2.24) is 0 Å². The predicted molar refractivity (Wildman–Crippen MR) is 92.0 cm³/mol. The van der Waals surface area contributed by atoms with Gasteiger partial charge in [0.2, 0.25) is 0 Å². The Labute approximate surface area is 140 Å². The van der Waals surface area contributed by atoms with Gasteiger partial charge in [-0.25, -0.2) is 0 Å². The van der Waals surface area contributed by atoms with Gasteiger partial charge in [-0.05, 0) is 36.5 Å². The van der Waals surface area contributed by atoms with E-state index in [-0.39, 0.29) is 11.2 Å². The smallest absolute Gasteiger partial charge is 0.197 e. The molecule has 5 rings (SSSR count). The minimum absolute atomic E-state index is 0.0472. The van der Waals surface area contributed by atoms with Crippen molar-refractivity contribution < 1.29 is 13.9 Å². The Balaban J connectivity index is 1.80. The van der Waals surface area contributed by atoms with Crippen LogP contribution in [0.5, 0.6) is 5.75 Å². The van der Waals surface area contributed by atoms with Gasteiger partial charge in [0.25, 0.3) is 0 Å². The maximum atomic E-state index is 13.0. The van der Waals surface area contributed by atoms with E-state index in [1.807, 2.05) is 30.3 Å².